The van der Waals surface area contributed by atoms with Gasteiger partial charge < -0.3 is 5.11 Å². The van der Waals surface area contributed by atoms with Crippen molar-refractivity contribution in [3.63, 3.8) is 0 Å². The van der Waals surface area contributed by atoms with Crippen LogP contribution in [0.3, 0.4) is 0 Å². The summed E-state index contributed by atoms with van der Waals surface area (Å²) in [5.41, 5.74) is 0.366. The first kappa shape index (κ1) is 12.0. The van der Waals surface area contributed by atoms with Crippen molar-refractivity contribution >= 4 is 21.9 Å². The van der Waals surface area contributed by atoms with Crippen LogP contribution in [0.2, 0.25) is 0 Å². The Morgan fingerprint density at radius 1 is 1.67 bits per heavy atom. The maximum atomic E-state index is 12.4. The van der Waals surface area contributed by atoms with Crippen molar-refractivity contribution in [3.8, 4) is 0 Å². The van der Waals surface area contributed by atoms with E-state index in [1.807, 2.05) is 0 Å². The Bertz CT molecular complexity index is 396. The van der Waals surface area contributed by atoms with E-state index in [1.54, 1.807) is 0 Å². The Labute approximate surface area is 93.3 Å². The lowest BCUT2D eigenvalue weighted by atomic mass is 10.1. The topological polar surface area (TPSA) is 50.2 Å². The van der Waals surface area contributed by atoms with Crippen LogP contribution in [-0.4, -0.2) is 16.1 Å². The van der Waals surface area contributed by atoms with E-state index in [4.69, 9.17) is 5.11 Å². The summed E-state index contributed by atoms with van der Waals surface area (Å²) in [4.78, 5) is 14.1. The van der Waals surface area contributed by atoms with Crippen LogP contribution in [0.1, 0.15) is 23.2 Å². The molecule has 6 heteroatoms. The van der Waals surface area contributed by atoms with Crippen LogP contribution in [0.4, 0.5) is 8.78 Å². The largest absolute Gasteiger partial charge is 0.481 e. The van der Waals surface area contributed by atoms with Crippen molar-refractivity contribution in [1.29, 1.82) is 0 Å². The van der Waals surface area contributed by atoms with Crippen LogP contribution < -0.4 is 0 Å². The smallest absolute Gasteiger partial charge is 0.307 e. The third-order valence-corrected chi connectivity index (χ3v) is 2.51. The van der Waals surface area contributed by atoms with Crippen molar-refractivity contribution in [3.05, 3.63) is 27.5 Å². The molecule has 1 heterocycles. The lowest BCUT2D eigenvalue weighted by molar-refractivity contribution is -0.136. The van der Waals surface area contributed by atoms with Gasteiger partial charge in [-0.05, 0) is 34.0 Å². The van der Waals surface area contributed by atoms with E-state index in [0.717, 1.165) is 0 Å². The molecule has 0 aliphatic carbocycles. The molecule has 1 rings (SSSR count). The van der Waals surface area contributed by atoms with Gasteiger partial charge in [0.1, 0.15) is 10.3 Å². The third-order valence-electron chi connectivity index (χ3n) is 1.83. The van der Waals surface area contributed by atoms with Gasteiger partial charge >= 0.3 is 5.97 Å². The predicted molar refractivity (Wildman–Crippen MR) is 53.0 cm³/mol. The Balaban J connectivity index is 3.13. The summed E-state index contributed by atoms with van der Waals surface area (Å²) in [7, 11) is 0. The Morgan fingerprint density at radius 2 is 2.27 bits per heavy atom. The molecule has 0 fully saturated rings. The van der Waals surface area contributed by atoms with Gasteiger partial charge in [-0.25, -0.2) is 13.8 Å². The molecule has 3 nitrogen and oxygen atoms in total. The Hall–Kier alpha value is -1.04. The quantitative estimate of drug-likeness (QED) is 0.866. The number of alkyl halides is 2. The minimum atomic E-state index is -2.65. The molecule has 0 unspecified atom stereocenters. The third kappa shape index (κ3) is 2.95. The summed E-state index contributed by atoms with van der Waals surface area (Å²) in [5.74, 6) is -1.03. The Kier molecular flexibility index (Phi) is 3.73. The SMILES string of the molecule is Cc1cc(CC(=O)O)c(Br)nc1C(F)F. The van der Waals surface area contributed by atoms with Gasteiger partial charge in [-0.2, -0.15) is 0 Å². The highest BCUT2D eigenvalue weighted by Gasteiger charge is 2.16. The van der Waals surface area contributed by atoms with Crippen molar-refractivity contribution in [2.45, 2.75) is 19.8 Å². The first-order valence-electron chi connectivity index (χ1n) is 4.07. The van der Waals surface area contributed by atoms with E-state index in [-0.39, 0.29) is 16.7 Å². The summed E-state index contributed by atoms with van der Waals surface area (Å²) in [6.07, 6.45) is -2.89. The molecule has 0 aliphatic rings. The molecule has 0 spiro atoms. The van der Waals surface area contributed by atoms with E-state index in [0.29, 0.717) is 11.1 Å². The number of carboxylic acids is 1. The summed E-state index contributed by atoms with van der Waals surface area (Å²) in [6, 6.07) is 1.41. The summed E-state index contributed by atoms with van der Waals surface area (Å²) >= 11 is 2.97. The minimum Gasteiger partial charge on any atom is -0.481 e. The van der Waals surface area contributed by atoms with E-state index < -0.39 is 12.4 Å². The second-order valence-electron chi connectivity index (χ2n) is 3.01. The second-order valence-corrected chi connectivity index (χ2v) is 3.76. The number of halogens is 3. The van der Waals surface area contributed by atoms with Gasteiger partial charge in [-0.1, -0.05) is 6.07 Å². The normalized spacial score (nSPS) is 10.7. The molecular weight excluding hydrogens is 272 g/mol. The average Bonchev–Trinajstić information content (AvgIpc) is 2.09. The fourth-order valence-electron chi connectivity index (χ4n) is 1.17. The molecule has 0 atom stereocenters. The molecule has 0 saturated heterocycles. The number of aliphatic carboxylic acids is 1. The van der Waals surface area contributed by atoms with Crippen LogP contribution in [0.25, 0.3) is 0 Å². The van der Waals surface area contributed by atoms with Crippen molar-refractivity contribution < 1.29 is 18.7 Å². The lowest BCUT2D eigenvalue weighted by Crippen LogP contribution is -2.05. The van der Waals surface area contributed by atoms with Gasteiger partial charge in [-0.15, -0.1) is 0 Å². The number of carboxylic acid groups (broad SMARTS) is 1. The molecule has 1 N–H and O–H groups in total. The average molecular weight is 280 g/mol. The van der Waals surface area contributed by atoms with E-state index in [2.05, 4.69) is 20.9 Å². The van der Waals surface area contributed by atoms with E-state index in [9.17, 15) is 13.6 Å². The van der Waals surface area contributed by atoms with Crippen molar-refractivity contribution in [1.82, 2.24) is 4.98 Å². The predicted octanol–water partition coefficient (Wildman–Crippen LogP) is 2.72. The number of nitrogens with zero attached hydrogens (tertiary/aromatic N) is 1. The van der Waals surface area contributed by atoms with Crippen LogP contribution >= 0.6 is 15.9 Å². The minimum absolute atomic E-state index is 0.158. The standard InChI is InChI=1S/C9H8BrF2NO2/c1-4-2-5(3-6(14)15)8(10)13-7(4)9(11)12/h2,9H,3H2,1H3,(H,14,15). The monoisotopic (exact) mass is 279 g/mol. The number of aromatic nitrogens is 1. The molecular formula is C9H8BrF2NO2. The zero-order chi connectivity index (χ0) is 11.6. The summed E-state index contributed by atoms with van der Waals surface area (Å²) < 4.78 is 25.0. The first-order valence-corrected chi connectivity index (χ1v) is 4.87. The fraction of sp³-hybridized carbons (Fsp3) is 0.333. The number of rotatable bonds is 3. The van der Waals surface area contributed by atoms with Gasteiger partial charge in [0, 0.05) is 0 Å². The number of hydrogen-bond donors (Lipinski definition) is 1. The number of carbonyl (C=O) groups is 1. The van der Waals surface area contributed by atoms with Gasteiger partial charge in [-0.3, -0.25) is 4.79 Å². The second kappa shape index (κ2) is 4.65. The van der Waals surface area contributed by atoms with Gasteiger partial charge in [0.25, 0.3) is 6.43 Å². The summed E-state index contributed by atoms with van der Waals surface area (Å²) in [6.45, 7) is 1.48. The van der Waals surface area contributed by atoms with Crippen LogP contribution in [-0.2, 0) is 11.2 Å². The highest BCUT2D eigenvalue weighted by molar-refractivity contribution is 9.10. The number of pyridine rings is 1. The molecule has 0 bridgehead atoms. The zero-order valence-corrected chi connectivity index (χ0v) is 9.38. The molecule has 82 valence electrons. The molecule has 1 aromatic rings. The summed E-state index contributed by atoms with van der Waals surface area (Å²) in [5, 5.41) is 8.56. The van der Waals surface area contributed by atoms with Gasteiger partial charge in [0.15, 0.2) is 0 Å². The van der Waals surface area contributed by atoms with E-state index >= 15 is 0 Å². The molecule has 0 radical (unpaired) electrons. The van der Waals surface area contributed by atoms with Gasteiger partial charge in [0.2, 0.25) is 0 Å². The molecule has 0 aromatic carbocycles. The van der Waals surface area contributed by atoms with E-state index in [1.165, 1.54) is 13.0 Å². The van der Waals surface area contributed by atoms with Gasteiger partial charge in [0.05, 0.1) is 6.42 Å². The molecule has 0 aliphatic heterocycles. The van der Waals surface area contributed by atoms with Crippen LogP contribution in [0.5, 0.6) is 0 Å². The van der Waals surface area contributed by atoms with Crippen molar-refractivity contribution in [2.75, 3.05) is 0 Å². The molecule has 0 amide bonds. The maximum absolute atomic E-state index is 12.4. The zero-order valence-electron chi connectivity index (χ0n) is 7.80. The number of aryl methyl sites for hydroxylation is 1. The highest BCUT2D eigenvalue weighted by atomic mass is 79.9. The van der Waals surface area contributed by atoms with Crippen molar-refractivity contribution in [2.24, 2.45) is 0 Å². The fourth-order valence-corrected chi connectivity index (χ4v) is 1.61. The molecule has 0 saturated carbocycles. The first-order chi connectivity index (χ1) is 6.91. The highest BCUT2D eigenvalue weighted by Crippen LogP contribution is 2.25. The lowest BCUT2D eigenvalue weighted by Gasteiger charge is -2.07. The van der Waals surface area contributed by atoms with Crippen LogP contribution in [0, 0.1) is 6.92 Å². The maximum Gasteiger partial charge on any atom is 0.307 e. The van der Waals surface area contributed by atoms with Crippen LogP contribution in [0.15, 0.2) is 10.7 Å². The Morgan fingerprint density at radius 3 is 2.73 bits per heavy atom. The molecule has 1 aromatic heterocycles. The molecule has 15 heavy (non-hydrogen) atoms. The number of hydrogen-bond acceptors (Lipinski definition) is 2.